The van der Waals surface area contributed by atoms with Crippen LogP contribution in [-0.4, -0.2) is 22.8 Å². The number of benzene rings is 2. The van der Waals surface area contributed by atoms with Crippen LogP contribution in [0.3, 0.4) is 0 Å². The summed E-state index contributed by atoms with van der Waals surface area (Å²) in [6.07, 6.45) is -2.02. The topological polar surface area (TPSA) is 55.4 Å². The molecule has 2 rings (SSSR count). The van der Waals surface area contributed by atoms with Crippen molar-refractivity contribution in [3.8, 4) is 0 Å². The molecule has 9 heteroatoms. The molecule has 140 valence electrons. The summed E-state index contributed by atoms with van der Waals surface area (Å²) in [6, 6.07) is 13.2. The zero-order valence-electron chi connectivity index (χ0n) is 13.1. The second kappa shape index (κ2) is 10.9. The van der Waals surface area contributed by atoms with Crippen molar-refractivity contribution < 1.29 is 14.3 Å². The standard InChI is InChI=1S/C17H13Cl4NO3.ClH/c18-10-6-7-12(13(19)8-10)14(23)9-15(16(20)21)25-17(24)22-11-4-2-1-3-5-11;/h1-8,15-16H,9H2,(H,22,24);1H/t15-;/m0./s1. The number of carbonyl (C=O) groups excluding carboxylic acids is 2. The largest absolute Gasteiger partial charge is 0.443 e. The number of hydrogen-bond acceptors (Lipinski definition) is 3. The average Bonchev–Trinajstić information content (AvgIpc) is 2.54. The highest BCUT2D eigenvalue weighted by Crippen LogP contribution is 2.25. The molecular weight excluding hydrogens is 443 g/mol. The number of anilines is 1. The van der Waals surface area contributed by atoms with Gasteiger partial charge in [0.1, 0.15) is 10.9 Å². The lowest BCUT2D eigenvalue weighted by molar-refractivity contribution is 0.0832. The van der Waals surface area contributed by atoms with E-state index in [1.807, 2.05) is 0 Å². The van der Waals surface area contributed by atoms with Crippen molar-refractivity contribution in [3.63, 3.8) is 0 Å². The predicted octanol–water partition coefficient (Wildman–Crippen LogP) is 6.41. The summed E-state index contributed by atoms with van der Waals surface area (Å²) in [5.74, 6) is -0.370. The maximum atomic E-state index is 12.4. The minimum atomic E-state index is -1.09. The van der Waals surface area contributed by atoms with Crippen molar-refractivity contribution in [2.45, 2.75) is 17.4 Å². The number of carbonyl (C=O) groups is 2. The van der Waals surface area contributed by atoms with Crippen LogP contribution in [0.5, 0.6) is 0 Å². The van der Waals surface area contributed by atoms with Gasteiger partial charge in [-0.15, -0.1) is 35.6 Å². The summed E-state index contributed by atoms with van der Waals surface area (Å²) in [5, 5.41) is 3.13. The molecule has 0 aliphatic carbocycles. The highest BCUT2D eigenvalue weighted by Gasteiger charge is 2.26. The van der Waals surface area contributed by atoms with Crippen molar-refractivity contribution in [3.05, 3.63) is 64.1 Å². The highest BCUT2D eigenvalue weighted by atomic mass is 35.5. The summed E-state index contributed by atoms with van der Waals surface area (Å²) in [6.45, 7) is 0. The quantitative estimate of drug-likeness (QED) is 0.403. The number of alkyl halides is 2. The van der Waals surface area contributed by atoms with Gasteiger partial charge in [-0.25, -0.2) is 4.79 Å². The van der Waals surface area contributed by atoms with E-state index in [2.05, 4.69) is 5.32 Å². The predicted molar refractivity (Wildman–Crippen MR) is 108 cm³/mol. The van der Waals surface area contributed by atoms with Crippen LogP contribution in [0, 0.1) is 0 Å². The first-order valence-electron chi connectivity index (χ1n) is 7.16. The molecule has 1 N–H and O–H groups in total. The highest BCUT2D eigenvalue weighted by molar-refractivity contribution is 6.45. The normalized spacial score (nSPS) is 11.4. The van der Waals surface area contributed by atoms with E-state index < -0.39 is 17.0 Å². The Kier molecular flexibility index (Phi) is 9.55. The van der Waals surface area contributed by atoms with Crippen LogP contribution in [0.4, 0.5) is 10.5 Å². The van der Waals surface area contributed by atoms with Gasteiger partial charge >= 0.3 is 6.09 Å². The van der Waals surface area contributed by atoms with E-state index in [1.165, 1.54) is 18.2 Å². The van der Waals surface area contributed by atoms with Crippen molar-refractivity contribution in [1.29, 1.82) is 0 Å². The third-order valence-electron chi connectivity index (χ3n) is 3.18. The molecule has 1 atom stereocenters. The Morgan fingerprint density at radius 2 is 1.69 bits per heavy atom. The fraction of sp³-hybridized carbons (Fsp3) is 0.176. The van der Waals surface area contributed by atoms with Gasteiger partial charge in [-0.3, -0.25) is 10.1 Å². The number of ketones is 1. The first kappa shape index (κ1) is 22.9. The number of para-hydroxylation sites is 1. The van der Waals surface area contributed by atoms with Gasteiger partial charge in [-0.05, 0) is 30.3 Å². The Balaban J connectivity index is 0.00000338. The third kappa shape index (κ3) is 6.86. The van der Waals surface area contributed by atoms with Crippen LogP contribution in [0.15, 0.2) is 48.5 Å². The number of rotatable bonds is 6. The molecule has 0 saturated carbocycles. The molecule has 0 bridgehead atoms. The van der Waals surface area contributed by atoms with Crippen molar-refractivity contribution in [2.75, 3.05) is 5.32 Å². The molecule has 0 fully saturated rings. The molecular formula is C17H14Cl5NO3. The first-order valence-corrected chi connectivity index (χ1v) is 8.79. The molecule has 0 unspecified atom stereocenters. The number of hydrogen-bond donors (Lipinski definition) is 1. The van der Waals surface area contributed by atoms with Crippen molar-refractivity contribution in [1.82, 2.24) is 0 Å². The molecule has 2 aromatic rings. The van der Waals surface area contributed by atoms with Gasteiger partial charge in [-0.2, -0.15) is 0 Å². The lowest BCUT2D eigenvalue weighted by Gasteiger charge is -2.19. The number of Topliss-reactive ketones (excluding diaryl/α,β-unsaturated/α-hetero) is 1. The molecule has 0 heterocycles. The lowest BCUT2D eigenvalue weighted by atomic mass is 10.1. The van der Waals surface area contributed by atoms with E-state index in [0.29, 0.717) is 10.7 Å². The zero-order valence-corrected chi connectivity index (χ0v) is 17.0. The van der Waals surface area contributed by atoms with Crippen LogP contribution >= 0.6 is 58.8 Å². The first-order chi connectivity index (χ1) is 11.9. The minimum absolute atomic E-state index is 0. The third-order valence-corrected chi connectivity index (χ3v) is 4.29. The Morgan fingerprint density at radius 1 is 1.04 bits per heavy atom. The van der Waals surface area contributed by atoms with Gasteiger partial charge in [0.05, 0.1) is 11.4 Å². The average molecular weight is 458 g/mol. The molecule has 0 radical (unpaired) electrons. The van der Waals surface area contributed by atoms with Gasteiger partial charge in [0, 0.05) is 16.3 Å². The van der Waals surface area contributed by atoms with Crippen molar-refractivity contribution >= 4 is 76.4 Å². The summed E-state index contributed by atoms with van der Waals surface area (Å²) in [4.78, 5) is 23.2. The SMILES string of the molecule is Cl.O=C(Nc1ccccc1)O[C@@H](CC(=O)c1ccc(Cl)cc1Cl)C(Cl)Cl. The maximum absolute atomic E-state index is 12.4. The Bertz CT molecular complexity index is 755. The molecule has 26 heavy (non-hydrogen) atoms. The smallest absolute Gasteiger partial charge is 0.412 e. The van der Waals surface area contributed by atoms with E-state index in [0.717, 1.165) is 0 Å². The van der Waals surface area contributed by atoms with Gasteiger partial charge in [0.2, 0.25) is 0 Å². The number of ether oxygens (including phenoxy) is 1. The van der Waals surface area contributed by atoms with E-state index in [4.69, 9.17) is 51.1 Å². The molecule has 1 amide bonds. The molecule has 2 aromatic carbocycles. The number of halogens is 5. The minimum Gasteiger partial charge on any atom is -0.443 e. The Labute approximate surface area is 177 Å². The van der Waals surface area contributed by atoms with E-state index >= 15 is 0 Å². The zero-order chi connectivity index (χ0) is 18.4. The summed E-state index contributed by atoms with van der Waals surface area (Å²) in [5.41, 5.74) is 0.788. The van der Waals surface area contributed by atoms with Gasteiger partial charge < -0.3 is 4.74 Å². The van der Waals surface area contributed by atoms with Crippen LogP contribution in [0.2, 0.25) is 10.0 Å². The molecule has 0 aliphatic heterocycles. The Morgan fingerprint density at radius 3 is 2.27 bits per heavy atom. The van der Waals surface area contributed by atoms with E-state index in [1.54, 1.807) is 30.3 Å². The van der Waals surface area contributed by atoms with Crippen LogP contribution in [0.1, 0.15) is 16.8 Å². The lowest BCUT2D eigenvalue weighted by Crippen LogP contribution is -2.29. The summed E-state index contributed by atoms with van der Waals surface area (Å²) >= 11 is 23.5. The second-order valence-corrected chi connectivity index (χ2v) is 7.03. The van der Waals surface area contributed by atoms with Crippen LogP contribution in [-0.2, 0) is 4.74 Å². The molecule has 0 aromatic heterocycles. The van der Waals surface area contributed by atoms with Crippen LogP contribution < -0.4 is 5.32 Å². The molecule has 0 aliphatic rings. The second-order valence-electron chi connectivity index (χ2n) is 5.02. The monoisotopic (exact) mass is 455 g/mol. The molecule has 4 nitrogen and oxygen atoms in total. The van der Waals surface area contributed by atoms with Crippen LogP contribution in [0.25, 0.3) is 0 Å². The van der Waals surface area contributed by atoms with Crippen molar-refractivity contribution in [2.24, 2.45) is 0 Å². The van der Waals surface area contributed by atoms with Gasteiger partial charge in [0.15, 0.2) is 5.78 Å². The molecule has 0 spiro atoms. The maximum Gasteiger partial charge on any atom is 0.412 e. The Hall–Kier alpha value is -1.17. The number of amides is 1. The summed E-state index contributed by atoms with van der Waals surface area (Å²) < 4.78 is 5.17. The van der Waals surface area contributed by atoms with Gasteiger partial charge in [0.25, 0.3) is 0 Å². The fourth-order valence-corrected chi connectivity index (χ4v) is 2.79. The van der Waals surface area contributed by atoms with E-state index in [-0.39, 0.29) is 35.2 Å². The molecule has 0 saturated heterocycles. The fourth-order valence-electron chi connectivity index (χ4n) is 2.00. The van der Waals surface area contributed by atoms with Gasteiger partial charge in [-0.1, -0.05) is 41.4 Å². The van der Waals surface area contributed by atoms with E-state index in [9.17, 15) is 9.59 Å². The number of nitrogens with one attached hydrogen (secondary N) is 1. The summed E-state index contributed by atoms with van der Waals surface area (Å²) in [7, 11) is 0.